The average Bonchev–Trinajstić information content (AvgIpc) is 2.51. The molecule has 114 valence electrons. The number of aromatic amines is 1. The van der Waals surface area contributed by atoms with Gasteiger partial charge in [-0.05, 0) is 39.7 Å². The Morgan fingerprint density at radius 1 is 0.957 bits per heavy atom. The van der Waals surface area contributed by atoms with Crippen molar-refractivity contribution < 1.29 is 13.0 Å². The Morgan fingerprint density at radius 2 is 1.65 bits per heavy atom. The highest BCUT2D eigenvalue weighted by Crippen LogP contribution is 2.27. The Labute approximate surface area is 130 Å². The van der Waals surface area contributed by atoms with Crippen molar-refractivity contribution in [2.75, 3.05) is 0 Å². The fraction of sp³-hybridized carbons (Fsp3) is 0. The van der Waals surface area contributed by atoms with Gasteiger partial charge in [0.25, 0.3) is 10.7 Å². The minimum absolute atomic E-state index is 0.212. The van der Waals surface area contributed by atoms with Crippen molar-refractivity contribution in [3.63, 3.8) is 0 Å². The molecule has 0 saturated carbocycles. The van der Waals surface area contributed by atoms with Crippen LogP contribution >= 0.6 is 0 Å². The number of rotatable bonds is 1. The molecule has 0 radical (unpaired) electrons. The molecule has 6 nitrogen and oxygen atoms in total. The van der Waals surface area contributed by atoms with Crippen molar-refractivity contribution in [3.8, 4) is 0 Å². The summed E-state index contributed by atoms with van der Waals surface area (Å²) in [6, 6.07) is 14.9. The van der Waals surface area contributed by atoms with Gasteiger partial charge in [0, 0.05) is 0 Å². The second-order valence-electron chi connectivity index (χ2n) is 5.23. The van der Waals surface area contributed by atoms with E-state index in [4.69, 9.17) is 4.55 Å². The van der Waals surface area contributed by atoms with Crippen LogP contribution in [0.25, 0.3) is 32.4 Å². The minimum atomic E-state index is -4.57. The zero-order valence-corrected chi connectivity index (χ0v) is 12.5. The highest BCUT2D eigenvalue weighted by Gasteiger charge is 2.16. The first-order valence-electron chi connectivity index (χ1n) is 6.76. The van der Waals surface area contributed by atoms with E-state index in [0.29, 0.717) is 10.8 Å². The highest BCUT2D eigenvalue weighted by molar-refractivity contribution is 7.85. The molecule has 4 rings (SSSR count). The van der Waals surface area contributed by atoms with Crippen molar-refractivity contribution >= 4 is 42.6 Å². The van der Waals surface area contributed by atoms with Crippen LogP contribution < -0.4 is 5.56 Å². The first kappa shape index (κ1) is 13.9. The third-order valence-corrected chi connectivity index (χ3v) is 4.46. The number of H-pyrrole nitrogens is 1. The van der Waals surface area contributed by atoms with E-state index in [-0.39, 0.29) is 5.52 Å². The van der Waals surface area contributed by atoms with E-state index >= 15 is 0 Å². The lowest BCUT2D eigenvalue weighted by Crippen LogP contribution is -2.15. The molecule has 1 aromatic heterocycles. The Balaban J connectivity index is 2.20. The molecule has 0 saturated heterocycles. The molecular formula is C16H10N2O4S. The van der Waals surface area contributed by atoms with Gasteiger partial charge in [-0.15, -0.1) is 0 Å². The van der Waals surface area contributed by atoms with E-state index in [0.717, 1.165) is 16.2 Å². The maximum absolute atomic E-state index is 12.3. The van der Waals surface area contributed by atoms with Crippen molar-refractivity contribution in [2.24, 2.45) is 0 Å². The summed E-state index contributed by atoms with van der Waals surface area (Å²) >= 11 is 0. The molecule has 0 aliphatic rings. The maximum Gasteiger partial charge on any atom is 0.328 e. The summed E-state index contributed by atoms with van der Waals surface area (Å²) < 4.78 is 31.4. The number of benzene rings is 3. The summed E-state index contributed by atoms with van der Waals surface area (Å²) in [5.74, 6) is 0. The molecule has 0 atom stereocenters. The maximum atomic E-state index is 12.3. The van der Waals surface area contributed by atoms with Gasteiger partial charge >= 0.3 is 10.1 Å². The zero-order chi connectivity index (χ0) is 16.2. The topological polar surface area (TPSA) is 100 Å². The molecule has 0 unspecified atom stereocenters. The smallest absolute Gasteiger partial charge is 0.295 e. The van der Waals surface area contributed by atoms with Gasteiger partial charge in [-0.2, -0.15) is 8.42 Å². The van der Waals surface area contributed by atoms with Crippen LogP contribution in [0.15, 0.2) is 58.5 Å². The predicted molar refractivity (Wildman–Crippen MR) is 87.2 cm³/mol. The lowest BCUT2D eigenvalue weighted by molar-refractivity contribution is 0.474. The summed E-state index contributed by atoms with van der Waals surface area (Å²) in [6.45, 7) is 0. The zero-order valence-electron chi connectivity index (χ0n) is 11.6. The van der Waals surface area contributed by atoms with Crippen LogP contribution in [0, 0.1) is 0 Å². The molecule has 7 heteroatoms. The minimum Gasteiger partial charge on any atom is -0.295 e. The van der Waals surface area contributed by atoms with Crippen LogP contribution in [0.2, 0.25) is 0 Å². The summed E-state index contributed by atoms with van der Waals surface area (Å²) in [6.07, 6.45) is 0. The monoisotopic (exact) mass is 326 g/mol. The van der Waals surface area contributed by atoms with Crippen molar-refractivity contribution in [1.82, 2.24) is 9.97 Å². The first-order valence-corrected chi connectivity index (χ1v) is 8.20. The van der Waals surface area contributed by atoms with Crippen molar-refractivity contribution in [3.05, 3.63) is 58.9 Å². The quantitative estimate of drug-likeness (QED) is 0.242. The summed E-state index contributed by atoms with van der Waals surface area (Å²) in [7, 11) is -4.57. The van der Waals surface area contributed by atoms with Crippen molar-refractivity contribution in [2.45, 2.75) is 5.16 Å². The summed E-state index contributed by atoms with van der Waals surface area (Å²) in [5.41, 5.74) is -0.396. The second-order valence-corrected chi connectivity index (χ2v) is 6.56. The standard InChI is InChI=1S/C16H10N2O4S/c19-15-14-12-8-10-4-2-1-3-9(10)7-11(12)5-6-13(14)17-16(18-15)23(20,21)22/h1-8H,(H,17,18,19)(H,20,21,22). The largest absolute Gasteiger partial charge is 0.328 e. The predicted octanol–water partition coefficient (Wildman–Crippen LogP) is 2.48. The van der Waals surface area contributed by atoms with Crippen LogP contribution in [-0.2, 0) is 10.1 Å². The third kappa shape index (κ3) is 2.18. The number of nitrogens with one attached hydrogen (secondary N) is 1. The Kier molecular flexibility index (Phi) is 2.78. The number of aromatic nitrogens is 2. The van der Waals surface area contributed by atoms with E-state index in [1.54, 1.807) is 12.1 Å². The molecule has 4 aromatic rings. The van der Waals surface area contributed by atoms with Crippen LogP contribution in [-0.4, -0.2) is 22.9 Å². The molecule has 0 bridgehead atoms. The number of nitrogens with zero attached hydrogens (tertiary/aromatic N) is 1. The molecule has 2 N–H and O–H groups in total. The van der Waals surface area contributed by atoms with Crippen LogP contribution in [0.3, 0.4) is 0 Å². The average molecular weight is 326 g/mol. The molecule has 0 amide bonds. The normalized spacial score (nSPS) is 12.2. The molecule has 0 aliphatic carbocycles. The van der Waals surface area contributed by atoms with E-state index in [9.17, 15) is 13.2 Å². The molecular weight excluding hydrogens is 316 g/mol. The van der Waals surface area contributed by atoms with Crippen LogP contribution in [0.5, 0.6) is 0 Å². The van der Waals surface area contributed by atoms with Crippen LogP contribution in [0.1, 0.15) is 0 Å². The molecule has 1 heterocycles. The Morgan fingerprint density at radius 3 is 2.35 bits per heavy atom. The SMILES string of the molecule is O=c1[nH]c(S(=O)(=O)O)nc2ccc3cc4ccccc4cc3c12. The summed E-state index contributed by atoms with van der Waals surface area (Å²) in [4.78, 5) is 18.3. The van der Waals surface area contributed by atoms with Gasteiger partial charge in [0.05, 0.1) is 10.9 Å². The number of hydrogen-bond donors (Lipinski definition) is 2. The molecule has 3 aromatic carbocycles. The van der Waals surface area contributed by atoms with E-state index in [2.05, 4.69) is 9.97 Å². The van der Waals surface area contributed by atoms with Gasteiger partial charge in [0.15, 0.2) is 0 Å². The lowest BCUT2D eigenvalue weighted by Gasteiger charge is -2.06. The lowest BCUT2D eigenvalue weighted by atomic mass is 10.0. The Hall–Kier alpha value is -2.77. The third-order valence-electron chi connectivity index (χ3n) is 3.78. The van der Waals surface area contributed by atoms with Crippen molar-refractivity contribution in [1.29, 1.82) is 0 Å². The molecule has 23 heavy (non-hydrogen) atoms. The van der Waals surface area contributed by atoms with Gasteiger partial charge in [-0.1, -0.05) is 30.3 Å². The molecule has 0 fully saturated rings. The first-order chi connectivity index (χ1) is 10.9. The molecule has 0 spiro atoms. The second kappa shape index (κ2) is 4.61. The summed E-state index contributed by atoms with van der Waals surface area (Å²) in [5, 5.41) is 3.07. The van der Waals surface area contributed by atoms with E-state index < -0.39 is 20.8 Å². The van der Waals surface area contributed by atoms with Gasteiger partial charge in [-0.25, -0.2) is 4.98 Å². The van der Waals surface area contributed by atoms with Gasteiger partial charge in [-0.3, -0.25) is 14.3 Å². The van der Waals surface area contributed by atoms with Gasteiger partial charge < -0.3 is 0 Å². The van der Waals surface area contributed by atoms with E-state index in [1.165, 1.54) is 0 Å². The highest BCUT2D eigenvalue weighted by atomic mass is 32.2. The fourth-order valence-corrected chi connectivity index (χ4v) is 3.19. The number of fused-ring (bicyclic) bond motifs is 4. The van der Waals surface area contributed by atoms with E-state index in [1.807, 2.05) is 36.4 Å². The van der Waals surface area contributed by atoms with Gasteiger partial charge in [0.1, 0.15) is 0 Å². The fourth-order valence-electron chi connectivity index (χ4n) is 2.75. The van der Waals surface area contributed by atoms with Gasteiger partial charge in [0.2, 0.25) is 0 Å². The number of hydrogen-bond acceptors (Lipinski definition) is 4. The van der Waals surface area contributed by atoms with Crippen LogP contribution in [0.4, 0.5) is 0 Å². The Bertz CT molecular complexity index is 1260. The molecule has 0 aliphatic heterocycles.